The predicted molar refractivity (Wildman–Crippen MR) is 76.3 cm³/mol. The van der Waals surface area contributed by atoms with Crippen LogP contribution in [0, 0.1) is 5.92 Å². The molecule has 5 heteroatoms. The molecule has 1 aliphatic heterocycles. The second-order valence-electron chi connectivity index (χ2n) is 4.89. The van der Waals surface area contributed by atoms with Gasteiger partial charge in [0.25, 0.3) is 0 Å². The summed E-state index contributed by atoms with van der Waals surface area (Å²) in [7, 11) is 1.81. The Morgan fingerprint density at radius 1 is 1.61 bits per heavy atom. The van der Waals surface area contributed by atoms with Crippen molar-refractivity contribution in [3.05, 3.63) is 11.1 Å². The molecule has 0 saturated carbocycles. The number of thiazole rings is 1. The molecule has 0 spiro atoms. The molecule has 2 heterocycles. The molecule has 2 atom stereocenters. The van der Waals surface area contributed by atoms with Crippen molar-refractivity contribution >= 4 is 16.5 Å². The minimum Gasteiger partial charge on any atom is -0.379 e. The molecule has 1 saturated heterocycles. The van der Waals surface area contributed by atoms with Crippen molar-refractivity contribution in [1.29, 1.82) is 0 Å². The van der Waals surface area contributed by atoms with Crippen molar-refractivity contribution in [1.82, 2.24) is 10.3 Å². The summed E-state index contributed by atoms with van der Waals surface area (Å²) in [5.74, 6) is 0.646. The number of methoxy groups -OCH3 is 1. The fraction of sp³-hybridized carbons (Fsp3) is 0.769. The number of piperidine rings is 1. The van der Waals surface area contributed by atoms with Crippen molar-refractivity contribution in [2.45, 2.75) is 32.9 Å². The molecule has 18 heavy (non-hydrogen) atoms. The maximum absolute atomic E-state index is 5.55. The van der Waals surface area contributed by atoms with E-state index >= 15 is 0 Å². The first-order valence-corrected chi connectivity index (χ1v) is 7.55. The summed E-state index contributed by atoms with van der Waals surface area (Å²) in [5.41, 5.74) is 1.14. The molecule has 1 aromatic heterocycles. The topological polar surface area (TPSA) is 37.4 Å². The number of nitrogens with zero attached hydrogens (tertiary/aromatic N) is 2. The Kier molecular flexibility index (Phi) is 4.97. The van der Waals surface area contributed by atoms with E-state index in [1.165, 1.54) is 6.42 Å². The summed E-state index contributed by atoms with van der Waals surface area (Å²) in [4.78, 5) is 7.05. The van der Waals surface area contributed by atoms with Crippen LogP contribution in [0.25, 0.3) is 0 Å². The van der Waals surface area contributed by atoms with Crippen LogP contribution >= 0.6 is 11.3 Å². The van der Waals surface area contributed by atoms with Gasteiger partial charge in [-0.15, -0.1) is 11.3 Å². The summed E-state index contributed by atoms with van der Waals surface area (Å²) in [6.07, 6.45) is 1.51. The fourth-order valence-electron chi connectivity index (χ4n) is 2.29. The molecule has 0 bridgehead atoms. The van der Waals surface area contributed by atoms with E-state index in [4.69, 9.17) is 9.72 Å². The Bertz CT molecular complexity index is 369. The van der Waals surface area contributed by atoms with Crippen molar-refractivity contribution in [3.63, 3.8) is 0 Å². The molecule has 2 rings (SSSR count). The Hall–Kier alpha value is -0.650. The number of nitrogens with one attached hydrogen (secondary N) is 1. The first-order valence-electron chi connectivity index (χ1n) is 6.67. The fourth-order valence-corrected chi connectivity index (χ4v) is 3.15. The largest absolute Gasteiger partial charge is 0.379 e. The van der Waals surface area contributed by atoms with Crippen LogP contribution < -0.4 is 10.2 Å². The molecule has 1 aromatic rings. The summed E-state index contributed by atoms with van der Waals surface area (Å²) in [6.45, 7) is 8.29. The Balaban J connectivity index is 1.96. The highest BCUT2D eigenvalue weighted by atomic mass is 32.1. The van der Waals surface area contributed by atoms with Crippen molar-refractivity contribution < 1.29 is 4.74 Å². The van der Waals surface area contributed by atoms with Gasteiger partial charge in [-0.2, -0.15) is 0 Å². The van der Waals surface area contributed by atoms with Gasteiger partial charge in [-0.1, -0.05) is 13.8 Å². The molecular weight excluding hydrogens is 246 g/mol. The van der Waals surface area contributed by atoms with Gasteiger partial charge in [0.15, 0.2) is 5.13 Å². The van der Waals surface area contributed by atoms with Crippen molar-refractivity contribution in [3.8, 4) is 0 Å². The monoisotopic (exact) mass is 269 g/mol. The van der Waals surface area contributed by atoms with Crippen LogP contribution in [0.3, 0.4) is 0 Å². The van der Waals surface area contributed by atoms with Crippen LogP contribution in [0.4, 0.5) is 5.13 Å². The molecule has 0 amide bonds. The standard InChI is InChI=1S/C13H23N3OS/c1-4-14-7-11-9-18-13(15-11)16-6-5-10(2)12(8-16)17-3/h9-10,12,14H,4-8H2,1-3H3. The molecular formula is C13H23N3OS. The Morgan fingerprint density at radius 2 is 2.44 bits per heavy atom. The first-order chi connectivity index (χ1) is 8.74. The van der Waals surface area contributed by atoms with Gasteiger partial charge < -0.3 is 15.0 Å². The first kappa shape index (κ1) is 13.8. The number of rotatable bonds is 5. The van der Waals surface area contributed by atoms with E-state index < -0.39 is 0 Å². The van der Waals surface area contributed by atoms with Crippen LogP contribution in [-0.2, 0) is 11.3 Å². The molecule has 0 aromatic carbocycles. The molecule has 1 aliphatic rings. The summed E-state index contributed by atoms with van der Waals surface area (Å²) in [5, 5.41) is 6.60. The Labute approximate surface area is 113 Å². The second kappa shape index (κ2) is 6.50. The molecule has 2 unspecified atom stereocenters. The molecule has 102 valence electrons. The lowest BCUT2D eigenvalue weighted by atomic mass is 9.96. The van der Waals surface area contributed by atoms with Gasteiger partial charge in [0.05, 0.1) is 11.8 Å². The van der Waals surface area contributed by atoms with E-state index in [1.807, 2.05) is 7.11 Å². The smallest absolute Gasteiger partial charge is 0.185 e. The highest BCUT2D eigenvalue weighted by Crippen LogP contribution is 2.27. The van der Waals surface area contributed by atoms with Crippen LogP contribution in [0.5, 0.6) is 0 Å². The highest BCUT2D eigenvalue weighted by molar-refractivity contribution is 7.13. The van der Waals surface area contributed by atoms with Gasteiger partial charge in [0.2, 0.25) is 0 Å². The Morgan fingerprint density at radius 3 is 3.17 bits per heavy atom. The third kappa shape index (κ3) is 3.22. The van der Waals surface area contributed by atoms with Crippen LogP contribution in [0.2, 0.25) is 0 Å². The maximum atomic E-state index is 5.55. The number of hydrogen-bond acceptors (Lipinski definition) is 5. The normalized spacial score (nSPS) is 24.5. The zero-order valence-corrected chi connectivity index (χ0v) is 12.3. The van der Waals surface area contributed by atoms with Gasteiger partial charge in [0, 0.05) is 32.1 Å². The summed E-state index contributed by atoms with van der Waals surface area (Å²) < 4.78 is 5.55. The quantitative estimate of drug-likeness (QED) is 0.888. The van der Waals surface area contributed by atoms with Gasteiger partial charge in [0.1, 0.15) is 0 Å². The second-order valence-corrected chi connectivity index (χ2v) is 5.72. The van der Waals surface area contributed by atoms with E-state index in [1.54, 1.807) is 11.3 Å². The molecule has 4 nitrogen and oxygen atoms in total. The molecule has 0 aliphatic carbocycles. The van der Waals surface area contributed by atoms with Crippen LogP contribution in [0.1, 0.15) is 26.0 Å². The van der Waals surface area contributed by atoms with Gasteiger partial charge in [-0.3, -0.25) is 0 Å². The average molecular weight is 269 g/mol. The minimum atomic E-state index is 0.333. The predicted octanol–water partition coefficient (Wildman–Crippen LogP) is 2.11. The zero-order valence-electron chi connectivity index (χ0n) is 11.5. The molecule has 1 N–H and O–H groups in total. The van der Waals surface area contributed by atoms with Crippen molar-refractivity contribution in [2.75, 3.05) is 31.6 Å². The van der Waals surface area contributed by atoms with E-state index in [9.17, 15) is 0 Å². The zero-order chi connectivity index (χ0) is 13.0. The van der Waals surface area contributed by atoms with Crippen LogP contribution in [0.15, 0.2) is 5.38 Å². The molecule has 1 fully saturated rings. The lowest BCUT2D eigenvalue weighted by Crippen LogP contribution is -2.43. The minimum absolute atomic E-state index is 0.333. The van der Waals surface area contributed by atoms with Gasteiger partial charge in [-0.05, 0) is 18.9 Å². The van der Waals surface area contributed by atoms with E-state index in [2.05, 4.69) is 29.4 Å². The summed E-state index contributed by atoms with van der Waals surface area (Å²) in [6, 6.07) is 0. The van der Waals surface area contributed by atoms with Gasteiger partial charge >= 0.3 is 0 Å². The number of aromatic nitrogens is 1. The maximum Gasteiger partial charge on any atom is 0.185 e. The van der Waals surface area contributed by atoms with Crippen LogP contribution in [-0.4, -0.2) is 37.8 Å². The molecule has 0 radical (unpaired) electrons. The number of anilines is 1. The summed E-state index contributed by atoms with van der Waals surface area (Å²) >= 11 is 1.74. The lowest BCUT2D eigenvalue weighted by molar-refractivity contribution is 0.0498. The van der Waals surface area contributed by atoms with Crippen molar-refractivity contribution in [2.24, 2.45) is 5.92 Å². The third-order valence-electron chi connectivity index (χ3n) is 3.56. The van der Waals surface area contributed by atoms with E-state index in [0.29, 0.717) is 12.0 Å². The lowest BCUT2D eigenvalue weighted by Gasteiger charge is -2.36. The SMILES string of the molecule is CCNCc1csc(N2CCC(C)C(OC)C2)n1. The van der Waals surface area contributed by atoms with E-state index in [-0.39, 0.29) is 0 Å². The van der Waals surface area contributed by atoms with E-state index in [0.717, 1.165) is 37.0 Å². The third-order valence-corrected chi connectivity index (χ3v) is 4.51. The number of hydrogen-bond donors (Lipinski definition) is 1. The highest BCUT2D eigenvalue weighted by Gasteiger charge is 2.27. The van der Waals surface area contributed by atoms with Gasteiger partial charge in [-0.25, -0.2) is 4.98 Å². The average Bonchev–Trinajstić information content (AvgIpc) is 2.85. The number of ether oxygens (including phenoxy) is 1.